The summed E-state index contributed by atoms with van der Waals surface area (Å²) in [7, 11) is 1.23. The lowest BCUT2D eigenvalue weighted by Crippen LogP contribution is -2.23. The lowest BCUT2D eigenvalue weighted by molar-refractivity contribution is 0.131. The Morgan fingerprint density at radius 2 is 0.975 bits per heavy atom. The third-order valence-corrected chi connectivity index (χ3v) is 11.6. The predicted octanol–water partition coefficient (Wildman–Crippen LogP) is 7.68. The van der Waals surface area contributed by atoms with Crippen LogP contribution in [0.5, 0.6) is 5.75 Å². The molecule has 8 heteroatoms. The maximum Gasteiger partial charge on any atom is 0.422 e. The summed E-state index contributed by atoms with van der Waals surface area (Å²) < 4.78 is 38.9. The molecule has 6 nitrogen and oxygen atoms in total. The number of nitrogens with zero attached hydrogens (tertiary/aromatic N) is 2. The summed E-state index contributed by atoms with van der Waals surface area (Å²) in [5.41, 5.74) is 1.66. The van der Waals surface area contributed by atoms with Crippen LogP contribution < -0.4 is 14.5 Å². The Kier molecular flexibility index (Phi) is 8.54. The molecule has 0 aliphatic carbocycles. The van der Waals surface area contributed by atoms with Gasteiger partial charge in [-0.1, -0.05) is 18.2 Å². The van der Waals surface area contributed by atoms with E-state index in [9.17, 15) is 8.42 Å². The fraction of sp³-hybridized carbons (Fsp3) is 0.250. The molecule has 0 aliphatic heterocycles. The molecule has 40 heavy (non-hydrogen) atoms. The van der Waals surface area contributed by atoms with Gasteiger partial charge in [-0.25, -0.2) is 0 Å². The van der Waals surface area contributed by atoms with Gasteiger partial charge in [-0.15, -0.1) is 8.42 Å². The van der Waals surface area contributed by atoms with Crippen LogP contribution in [-0.4, -0.2) is 45.8 Å². The van der Waals surface area contributed by atoms with Gasteiger partial charge >= 0.3 is 10.1 Å². The van der Waals surface area contributed by atoms with Crippen LogP contribution in [0.15, 0.2) is 123 Å². The van der Waals surface area contributed by atoms with E-state index in [1.807, 2.05) is 132 Å². The maximum atomic E-state index is 14.0. The van der Waals surface area contributed by atoms with Crippen molar-refractivity contribution in [3.8, 4) is 5.75 Å². The van der Waals surface area contributed by atoms with Crippen molar-refractivity contribution in [3.63, 3.8) is 0 Å². The summed E-state index contributed by atoms with van der Waals surface area (Å²) >= 11 is 0. The Morgan fingerprint density at radius 1 is 0.575 bits per heavy atom. The number of benzene rings is 4. The second kappa shape index (κ2) is 11.6. The molecule has 0 heterocycles. The van der Waals surface area contributed by atoms with Crippen molar-refractivity contribution in [1.82, 2.24) is 0 Å². The lowest BCUT2D eigenvalue weighted by atomic mass is 10.2. The molecule has 0 fully saturated rings. The summed E-state index contributed by atoms with van der Waals surface area (Å²) in [5, 5.41) is 0. The molecule has 4 rings (SSSR count). The van der Waals surface area contributed by atoms with Crippen LogP contribution in [0.4, 0.5) is 11.4 Å². The normalized spacial score (nSPS) is 12.6. The summed E-state index contributed by atoms with van der Waals surface area (Å²) in [4.78, 5) is 6.63. The minimum atomic E-state index is -4.04. The van der Waals surface area contributed by atoms with Gasteiger partial charge in [-0.05, 0) is 106 Å². The largest absolute Gasteiger partial charge is 0.488 e. The van der Waals surface area contributed by atoms with E-state index in [-0.39, 0.29) is 10.5 Å². The van der Waals surface area contributed by atoms with Crippen LogP contribution in [0.25, 0.3) is 0 Å². The van der Waals surface area contributed by atoms with Gasteiger partial charge in [0.05, 0.1) is 25.0 Å². The van der Waals surface area contributed by atoms with Crippen LogP contribution in [0.3, 0.4) is 0 Å². The van der Waals surface area contributed by atoms with Crippen LogP contribution >= 0.6 is 10.3 Å². The molecule has 1 N–H and O–H groups in total. The van der Waals surface area contributed by atoms with E-state index in [4.69, 9.17) is 8.37 Å². The van der Waals surface area contributed by atoms with Crippen molar-refractivity contribution in [2.45, 2.75) is 46.0 Å². The fourth-order valence-corrected chi connectivity index (χ4v) is 9.72. The number of ether oxygens (including phenoxy) is 1. The zero-order valence-corrected chi connectivity index (χ0v) is 25.8. The second-order valence-corrected chi connectivity index (χ2v) is 15.5. The first kappa shape index (κ1) is 29.5. The molecule has 4 aromatic rings. The first-order chi connectivity index (χ1) is 18.8. The van der Waals surface area contributed by atoms with E-state index < -0.39 is 20.4 Å². The van der Waals surface area contributed by atoms with E-state index in [0.717, 1.165) is 26.1 Å². The Labute approximate surface area is 240 Å². The fourth-order valence-electron chi connectivity index (χ4n) is 4.26. The average Bonchev–Trinajstić information content (AvgIpc) is 2.92. The molecule has 0 radical (unpaired) electrons. The highest BCUT2D eigenvalue weighted by Gasteiger charge is 2.43. The van der Waals surface area contributed by atoms with E-state index in [2.05, 4.69) is 0 Å². The standard InChI is InChI=1S/C32H38N2O4S2/c1-32(2,3)37-27-17-23-30(24-18-27)39(28-19-13-25(14-20-28)33(4)5,29-21-15-26(16-22-29)34(6)7)38-40(35,36)31-11-9-8-10-12-31/h8-24H,1-7H3/p+1. The van der Waals surface area contributed by atoms with E-state index in [1.165, 1.54) is 0 Å². The van der Waals surface area contributed by atoms with Gasteiger partial charge in [0.25, 0.3) is 0 Å². The second-order valence-electron chi connectivity index (χ2n) is 10.9. The zero-order valence-electron chi connectivity index (χ0n) is 24.2. The van der Waals surface area contributed by atoms with Crippen molar-refractivity contribution in [2.75, 3.05) is 38.0 Å². The van der Waals surface area contributed by atoms with Crippen molar-refractivity contribution in [1.29, 1.82) is 0 Å². The van der Waals surface area contributed by atoms with E-state index in [1.54, 1.807) is 30.3 Å². The van der Waals surface area contributed by atoms with E-state index in [0.29, 0.717) is 5.75 Å². The molecule has 0 saturated heterocycles. The van der Waals surface area contributed by atoms with Crippen molar-refractivity contribution in [3.05, 3.63) is 103 Å². The van der Waals surface area contributed by atoms with Gasteiger partial charge in [-0.3, -0.25) is 3.63 Å². The highest BCUT2D eigenvalue weighted by atomic mass is 32.3. The lowest BCUT2D eigenvalue weighted by Gasteiger charge is -2.35. The molecule has 0 aromatic heterocycles. The van der Waals surface area contributed by atoms with Gasteiger partial charge in [0.1, 0.15) is 16.2 Å². The summed E-state index contributed by atoms with van der Waals surface area (Å²) in [6, 6.07) is 32.1. The highest BCUT2D eigenvalue weighted by molar-refractivity contribution is 8.32. The molecule has 0 unspecified atom stereocenters. The zero-order chi connectivity index (χ0) is 29.1. The first-order valence-electron chi connectivity index (χ1n) is 13.0. The molecular formula is C32H39N2O4S2+. The number of anilines is 2. The molecule has 212 valence electrons. The quantitative estimate of drug-likeness (QED) is 0.150. The number of hydrogen-bond acceptors (Lipinski definition) is 5. The Bertz CT molecular complexity index is 1460. The summed E-state index contributed by atoms with van der Waals surface area (Å²) in [6.45, 7) is 5.99. The molecule has 0 bridgehead atoms. The van der Waals surface area contributed by atoms with Gasteiger partial charge < -0.3 is 14.5 Å². The number of hydrogen-bond donors (Lipinski definition) is 0. The third kappa shape index (κ3) is 6.46. The van der Waals surface area contributed by atoms with Crippen molar-refractivity contribution < 1.29 is 16.8 Å². The van der Waals surface area contributed by atoms with Crippen molar-refractivity contribution >= 4 is 31.8 Å². The van der Waals surface area contributed by atoms with Gasteiger partial charge in [-0.2, -0.15) is 0 Å². The van der Waals surface area contributed by atoms with E-state index >= 15 is 0 Å². The summed E-state index contributed by atoms with van der Waals surface area (Å²) in [6.07, 6.45) is 0. The molecule has 0 amide bonds. The average molecular weight is 580 g/mol. The minimum Gasteiger partial charge on any atom is -0.488 e. The Balaban J connectivity index is 2.00. The third-order valence-electron chi connectivity index (χ3n) is 6.23. The predicted molar refractivity (Wildman–Crippen MR) is 167 cm³/mol. The van der Waals surface area contributed by atoms with Gasteiger partial charge in [0.15, 0.2) is 0 Å². The van der Waals surface area contributed by atoms with Crippen molar-refractivity contribution in [2.24, 2.45) is 0 Å². The van der Waals surface area contributed by atoms with Crippen LogP contribution in [0.1, 0.15) is 20.8 Å². The van der Waals surface area contributed by atoms with Crippen LogP contribution in [0, 0.1) is 0 Å². The molecule has 4 aromatic carbocycles. The molecule has 0 saturated carbocycles. The highest BCUT2D eigenvalue weighted by Crippen LogP contribution is 2.69. The Hall–Kier alpha value is -3.46. The monoisotopic (exact) mass is 579 g/mol. The molecule has 0 atom stereocenters. The smallest absolute Gasteiger partial charge is 0.422 e. The van der Waals surface area contributed by atoms with Gasteiger partial charge in [0, 0.05) is 39.6 Å². The Morgan fingerprint density at radius 3 is 1.35 bits per heavy atom. The summed E-state index contributed by atoms with van der Waals surface area (Å²) in [5.74, 6) is 0.710. The van der Waals surface area contributed by atoms with Crippen LogP contribution in [-0.2, 0) is 10.1 Å². The molecule has 0 spiro atoms. The molecular weight excluding hydrogens is 540 g/mol. The van der Waals surface area contributed by atoms with Crippen LogP contribution in [0.2, 0.25) is 0 Å². The first-order valence-corrected chi connectivity index (χ1v) is 16.1. The minimum absolute atomic E-state index is 0.161. The molecule has 0 aliphatic rings. The van der Waals surface area contributed by atoms with Gasteiger partial charge in [0.2, 0.25) is 0 Å². The topological polar surface area (TPSA) is 62.6 Å². The number of rotatable bonds is 9. The SMILES string of the molecule is CN(C)c1ccc(S([OH+]S(=O)(=O)c2ccccc2)(c2ccc(OC(C)(C)C)cc2)c2ccc(N(C)C)cc2)cc1. The maximum absolute atomic E-state index is 14.0.